The number of anilines is 2. The topological polar surface area (TPSA) is 145 Å². The molecule has 1 fully saturated rings. The summed E-state index contributed by atoms with van der Waals surface area (Å²) in [5.74, 6) is 0.198. The molecule has 0 aliphatic carbocycles. The third-order valence-electron chi connectivity index (χ3n) is 3.71. The van der Waals surface area contributed by atoms with Crippen LogP contribution in [0.3, 0.4) is 0 Å². The van der Waals surface area contributed by atoms with Gasteiger partial charge in [0.2, 0.25) is 5.95 Å². The van der Waals surface area contributed by atoms with Gasteiger partial charge in [0.25, 0.3) is 0 Å². The van der Waals surface area contributed by atoms with Gasteiger partial charge in [-0.2, -0.15) is 9.97 Å². The van der Waals surface area contributed by atoms with Crippen molar-refractivity contribution in [3.63, 3.8) is 0 Å². The molecule has 0 aromatic carbocycles. The summed E-state index contributed by atoms with van der Waals surface area (Å²) in [6, 6.07) is 0. The van der Waals surface area contributed by atoms with Crippen molar-refractivity contribution in [1.82, 2.24) is 19.5 Å². The van der Waals surface area contributed by atoms with Crippen LogP contribution in [-0.2, 0) is 4.74 Å². The van der Waals surface area contributed by atoms with Crippen LogP contribution in [0.2, 0.25) is 0 Å². The van der Waals surface area contributed by atoms with E-state index in [4.69, 9.17) is 16.2 Å². The van der Waals surface area contributed by atoms with Crippen LogP contribution in [0.4, 0.5) is 11.8 Å². The third-order valence-corrected chi connectivity index (χ3v) is 3.71. The van der Waals surface area contributed by atoms with Crippen molar-refractivity contribution < 1.29 is 14.9 Å². The molecule has 1 aliphatic heterocycles. The molecule has 0 saturated carbocycles. The molecular formula is C12H16N6O3. The Bertz CT molecular complexity index is 702. The minimum Gasteiger partial charge on any atom is -0.393 e. The summed E-state index contributed by atoms with van der Waals surface area (Å²) in [7, 11) is 0. The number of imidazole rings is 1. The van der Waals surface area contributed by atoms with Gasteiger partial charge in [-0.25, -0.2) is 4.98 Å². The number of hydrogen-bond acceptors (Lipinski definition) is 8. The maximum atomic E-state index is 10.1. The molecule has 0 radical (unpaired) electrons. The molecule has 6 N–H and O–H groups in total. The molecule has 2 aromatic heterocycles. The van der Waals surface area contributed by atoms with Gasteiger partial charge in [0, 0.05) is 6.42 Å². The van der Waals surface area contributed by atoms with E-state index in [0.717, 1.165) is 0 Å². The molecule has 0 bridgehead atoms. The first-order valence-corrected chi connectivity index (χ1v) is 6.36. The second kappa shape index (κ2) is 4.65. The molecule has 3 rings (SSSR count). The Kier molecular flexibility index (Phi) is 3.04. The highest BCUT2D eigenvalue weighted by Crippen LogP contribution is 2.38. The summed E-state index contributed by atoms with van der Waals surface area (Å²) < 4.78 is 7.36. The Morgan fingerprint density at radius 1 is 1.52 bits per heavy atom. The van der Waals surface area contributed by atoms with Gasteiger partial charge in [0.1, 0.15) is 17.3 Å². The lowest BCUT2D eigenvalue weighted by Gasteiger charge is -2.26. The first-order chi connectivity index (χ1) is 10.0. The molecule has 2 aromatic rings. The summed E-state index contributed by atoms with van der Waals surface area (Å²) >= 11 is 0. The zero-order valence-electron chi connectivity index (χ0n) is 11.2. The summed E-state index contributed by atoms with van der Waals surface area (Å²) in [6.45, 7) is 3.23. The molecule has 3 heterocycles. The summed E-state index contributed by atoms with van der Waals surface area (Å²) in [6.07, 6.45) is 1.68. The molecule has 112 valence electrons. The average molecular weight is 292 g/mol. The number of fused-ring (bicyclic) bond motifs is 1. The molecule has 0 amide bonds. The van der Waals surface area contributed by atoms with Gasteiger partial charge in [0.15, 0.2) is 11.5 Å². The molecular weight excluding hydrogens is 276 g/mol. The maximum Gasteiger partial charge on any atom is 0.224 e. The standard InChI is InChI=1S/C12H16N6O3/c1-2-12(4-19)6(20)3-7(21-12)18-5-15-8-9(13)16-11(14)17-10(8)18/h2,5-7,19-20H,1,3-4H2,(H4,13,14,16,17)/t6-,7+,12+/m0/s1. The zero-order chi connectivity index (χ0) is 15.2. The number of aromatic nitrogens is 4. The van der Waals surface area contributed by atoms with Crippen molar-refractivity contribution in [2.75, 3.05) is 18.1 Å². The van der Waals surface area contributed by atoms with Crippen molar-refractivity contribution in [3.05, 3.63) is 19.0 Å². The fourth-order valence-electron chi connectivity index (χ4n) is 2.50. The fourth-order valence-corrected chi connectivity index (χ4v) is 2.50. The Morgan fingerprint density at radius 2 is 2.29 bits per heavy atom. The first kappa shape index (κ1) is 13.7. The van der Waals surface area contributed by atoms with E-state index < -0.39 is 17.9 Å². The van der Waals surface area contributed by atoms with Crippen LogP contribution in [0.25, 0.3) is 11.2 Å². The minimum atomic E-state index is -1.20. The molecule has 3 atom stereocenters. The predicted octanol–water partition coefficient (Wildman–Crippen LogP) is -0.812. The molecule has 9 heteroatoms. The third kappa shape index (κ3) is 1.94. The van der Waals surface area contributed by atoms with Crippen molar-refractivity contribution in [1.29, 1.82) is 0 Å². The maximum absolute atomic E-state index is 10.1. The number of ether oxygens (including phenoxy) is 1. The van der Waals surface area contributed by atoms with E-state index in [2.05, 4.69) is 21.5 Å². The Hall–Kier alpha value is -2.23. The van der Waals surface area contributed by atoms with E-state index in [1.807, 2.05) is 0 Å². The molecule has 0 spiro atoms. The van der Waals surface area contributed by atoms with Gasteiger partial charge in [-0.15, -0.1) is 6.58 Å². The van der Waals surface area contributed by atoms with Crippen molar-refractivity contribution >= 4 is 22.9 Å². The number of nitrogens with two attached hydrogens (primary N) is 2. The van der Waals surface area contributed by atoms with Crippen molar-refractivity contribution in [2.24, 2.45) is 0 Å². The van der Waals surface area contributed by atoms with Crippen LogP contribution >= 0.6 is 0 Å². The van der Waals surface area contributed by atoms with E-state index in [9.17, 15) is 10.2 Å². The Morgan fingerprint density at radius 3 is 2.90 bits per heavy atom. The van der Waals surface area contributed by atoms with E-state index in [0.29, 0.717) is 11.2 Å². The largest absolute Gasteiger partial charge is 0.393 e. The number of aliphatic hydroxyl groups is 2. The Balaban J connectivity index is 2.05. The lowest BCUT2D eigenvalue weighted by Crippen LogP contribution is -2.40. The normalized spacial score (nSPS) is 29.0. The van der Waals surface area contributed by atoms with Crippen LogP contribution in [0.5, 0.6) is 0 Å². The van der Waals surface area contributed by atoms with Crippen molar-refractivity contribution in [2.45, 2.75) is 24.4 Å². The van der Waals surface area contributed by atoms with Gasteiger partial charge in [-0.1, -0.05) is 6.08 Å². The van der Waals surface area contributed by atoms with E-state index in [1.54, 1.807) is 4.57 Å². The lowest BCUT2D eigenvalue weighted by atomic mass is 9.98. The van der Waals surface area contributed by atoms with E-state index in [-0.39, 0.29) is 24.8 Å². The monoisotopic (exact) mass is 292 g/mol. The number of hydrogen-bond donors (Lipinski definition) is 4. The van der Waals surface area contributed by atoms with Gasteiger partial charge >= 0.3 is 0 Å². The van der Waals surface area contributed by atoms with E-state index >= 15 is 0 Å². The summed E-state index contributed by atoms with van der Waals surface area (Å²) in [4.78, 5) is 12.1. The summed E-state index contributed by atoms with van der Waals surface area (Å²) in [5, 5.41) is 19.6. The Labute approximate surface area is 119 Å². The molecule has 9 nitrogen and oxygen atoms in total. The van der Waals surface area contributed by atoms with Crippen LogP contribution < -0.4 is 11.5 Å². The van der Waals surface area contributed by atoms with Crippen LogP contribution in [-0.4, -0.2) is 48.0 Å². The van der Waals surface area contributed by atoms with E-state index in [1.165, 1.54) is 12.4 Å². The number of nitrogen functional groups attached to an aromatic ring is 2. The van der Waals surface area contributed by atoms with Gasteiger partial charge < -0.3 is 26.4 Å². The first-order valence-electron chi connectivity index (χ1n) is 6.36. The highest BCUT2D eigenvalue weighted by atomic mass is 16.6. The molecule has 0 unspecified atom stereocenters. The number of nitrogens with zero attached hydrogens (tertiary/aromatic N) is 4. The average Bonchev–Trinajstić information content (AvgIpc) is 3.00. The van der Waals surface area contributed by atoms with Crippen LogP contribution in [0, 0.1) is 0 Å². The second-order valence-electron chi connectivity index (χ2n) is 4.93. The van der Waals surface area contributed by atoms with Crippen LogP contribution in [0.15, 0.2) is 19.0 Å². The molecule has 1 saturated heterocycles. The lowest BCUT2D eigenvalue weighted by molar-refractivity contribution is -0.0953. The number of rotatable bonds is 3. The van der Waals surface area contributed by atoms with Gasteiger partial charge in [-0.05, 0) is 0 Å². The van der Waals surface area contributed by atoms with Crippen molar-refractivity contribution in [3.8, 4) is 0 Å². The SMILES string of the molecule is C=C[C@]1(CO)O[C@@H](n2cnc3c(N)nc(N)nc32)C[C@@H]1O. The van der Waals surface area contributed by atoms with Gasteiger partial charge in [0.05, 0.1) is 19.0 Å². The summed E-state index contributed by atoms with van der Waals surface area (Å²) in [5.41, 5.74) is 11.0. The van der Waals surface area contributed by atoms with Crippen LogP contribution in [0.1, 0.15) is 12.6 Å². The number of aliphatic hydroxyl groups excluding tert-OH is 2. The second-order valence-corrected chi connectivity index (χ2v) is 4.93. The highest BCUT2D eigenvalue weighted by molar-refractivity contribution is 5.82. The minimum absolute atomic E-state index is 0.0254. The fraction of sp³-hybridized carbons (Fsp3) is 0.417. The van der Waals surface area contributed by atoms with Gasteiger partial charge in [-0.3, -0.25) is 4.57 Å². The molecule has 21 heavy (non-hydrogen) atoms. The predicted molar refractivity (Wildman–Crippen MR) is 74.9 cm³/mol. The quantitative estimate of drug-likeness (QED) is 0.537. The highest BCUT2D eigenvalue weighted by Gasteiger charge is 2.46. The smallest absolute Gasteiger partial charge is 0.224 e. The molecule has 1 aliphatic rings. The zero-order valence-corrected chi connectivity index (χ0v) is 11.2.